The molecule has 0 saturated heterocycles. The van der Waals surface area contributed by atoms with Crippen LogP contribution in [0.3, 0.4) is 0 Å². The Morgan fingerprint density at radius 2 is 2.00 bits per heavy atom. The van der Waals surface area contributed by atoms with Crippen LogP contribution in [0, 0.1) is 5.92 Å². The molecule has 0 aromatic carbocycles. The van der Waals surface area contributed by atoms with Gasteiger partial charge in [0.15, 0.2) is 0 Å². The Morgan fingerprint density at radius 3 is 2.50 bits per heavy atom. The van der Waals surface area contributed by atoms with Crippen molar-refractivity contribution in [1.82, 2.24) is 0 Å². The molecule has 2 N–H and O–H groups in total. The van der Waals surface area contributed by atoms with Crippen molar-refractivity contribution >= 4 is 9.84 Å². The summed E-state index contributed by atoms with van der Waals surface area (Å²) in [5.41, 5.74) is 5.91. The minimum absolute atomic E-state index is 0.266. The molecule has 1 aliphatic rings. The van der Waals surface area contributed by atoms with E-state index in [2.05, 4.69) is 0 Å². The maximum atomic E-state index is 11.2. The summed E-state index contributed by atoms with van der Waals surface area (Å²) in [6.07, 6.45) is 5.26. The van der Waals surface area contributed by atoms with E-state index in [4.69, 9.17) is 5.73 Å². The van der Waals surface area contributed by atoms with Crippen molar-refractivity contribution in [2.45, 2.75) is 45.1 Å². The Hall–Kier alpha value is -0.0900. The van der Waals surface area contributed by atoms with Gasteiger partial charge in [-0.2, -0.15) is 0 Å². The van der Waals surface area contributed by atoms with Gasteiger partial charge < -0.3 is 5.73 Å². The SMILES string of the molecule is CCS(=O)(=O)CCCCC(N)C1CC1. The Morgan fingerprint density at radius 1 is 1.36 bits per heavy atom. The molecule has 1 rings (SSSR count). The lowest BCUT2D eigenvalue weighted by Gasteiger charge is -2.09. The zero-order valence-corrected chi connectivity index (χ0v) is 9.72. The molecule has 0 heterocycles. The van der Waals surface area contributed by atoms with E-state index in [0.29, 0.717) is 11.8 Å². The van der Waals surface area contributed by atoms with Crippen molar-refractivity contribution in [3.63, 3.8) is 0 Å². The third kappa shape index (κ3) is 4.42. The largest absolute Gasteiger partial charge is 0.327 e. The fourth-order valence-corrected chi connectivity index (χ4v) is 2.54. The normalized spacial score (nSPS) is 19.6. The molecule has 1 unspecified atom stereocenters. The van der Waals surface area contributed by atoms with Crippen LogP contribution in [-0.2, 0) is 9.84 Å². The smallest absolute Gasteiger partial charge is 0.150 e. The Kier molecular flexibility index (Phi) is 4.38. The van der Waals surface area contributed by atoms with E-state index >= 15 is 0 Å². The number of nitrogens with two attached hydrogens (primary N) is 1. The Bertz CT molecular complexity index is 257. The van der Waals surface area contributed by atoms with Crippen LogP contribution in [0.25, 0.3) is 0 Å². The lowest BCUT2D eigenvalue weighted by atomic mass is 10.1. The fourth-order valence-electron chi connectivity index (χ4n) is 1.61. The van der Waals surface area contributed by atoms with Crippen LogP contribution < -0.4 is 5.73 Å². The Labute approximate surface area is 87.0 Å². The average Bonchev–Trinajstić information content (AvgIpc) is 2.95. The van der Waals surface area contributed by atoms with Crippen LogP contribution in [0.2, 0.25) is 0 Å². The molecule has 1 atom stereocenters. The monoisotopic (exact) mass is 219 g/mol. The van der Waals surface area contributed by atoms with Gasteiger partial charge in [0.25, 0.3) is 0 Å². The van der Waals surface area contributed by atoms with Gasteiger partial charge in [0.05, 0.1) is 5.75 Å². The topological polar surface area (TPSA) is 60.2 Å². The van der Waals surface area contributed by atoms with Gasteiger partial charge in [-0.1, -0.05) is 13.3 Å². The second-order valence-electron chi connectivity index (χ2n) is 4.23. The van der Waals surface area contributed by atoms with E-state index in [1.807, 2.05) is 0 Å². The number of rotatable bonds is 7. The summed E-state index contributed by atoms with van der Waals surface area (Å²) in [6, 6.07) is 0.319. The van der Waals surface area contributed by atoms with E-state index in [1.54, 1.807) is 6.92 Å². The highest BCUT2D eigenvalue weighted by Gasteiger charge is 2.27. The molecule has 1 fully saturated rings. The molecular weight excluding hydrogens is 198 g/mol. The van der Waals surface area contributed by atoms with Gasteiger partial charge in [-0.05, 0) is 31.6 Å². The third-order valence-corrected chi connectivity index (χ3v) is 4.70. The van der Waals surface area contributed by atoms with E-state index in [9.17, 15) is 8.42 Å². The van der Waals surface area contributed by atoms with Gasteiger partial charge in [-0.15, -0.1) is 0 Å². The quantitative estimate of drug-likeness (QED) is 0.657. The number of hydrogen-bond donors (Lipinski definition) is 1. The summed E-state index contributed by atoms with van der Waals surface area (Å²) in [5, 5.41) is 0. The van der Waals surface area contributed by atoms with Crippen LogP contribution >= 0.6 is 0 Å². The van der Waals surface area contributed by atoms with Gasteiger partial charge in [0.2, 0.25) is 0 Å². The Balaban J connectivity index is 2.04. The maximum Gasteiger partial charge on any atom is 0.150 e. The summed E-state index contributed by atoms with van der Waals surface area (Å²) in [6.45, 7) is 1.70. The van der Waals surface area contributed by atoms with Crippen LogP contribution in [0.15, 0.2) is 0 Å². The first-order valence-corrected chi connectivity index (χ1v) is 7.33. The molecule has 0 amide bonds. The summed E-state index contributed by atoms with van der Waals surface area (Å²) in [7, 11) is -2.76. The minimum atomic E-state index is -2.76. The highest BCUT2D eigenvalue weighted by atomic mass is 32.2. The lowest BCUT2D eigenvalue weighted by Crippen LogP contribution is -2.22. The predicted molar refractivity (Wildman–Crippen MR) is 58.9 cm³/mol. The summed E-state index contributed by atoms with van der Waals surface area (Å²) in [5.74, 6) is 1.33. The van der Waals surface area contributed by atoms with E-state index in [-0.39, 0.29) is 5.75 Å². The van der Waals surface area contributed by atoms with Gasteiger partial charge in [-0.3, -0.25) is 0 Å². The fraction of sp³-hybridized carbons (Fsp3) is 1.00. The summed E-state index contributed by atoms with van der Waals surface area (Å²) >= 11 is 0. The van der Waals surface area contributed by atoms with Gasteiger partial charge >= 0.3 is 0 Å². The molecule has 1 aliphatic carbocycles. The van der Waals surface area contributed by atoms with E-state index in [1.165, 1.54) is 12.8 Å². The molecule has 14 heavy (non-hydrogen) atoms. The molecule has 0 spiro atoms. The molecule has 4 heteroatoms. The predicted octanol–water partition coefficient (Wildman–Crippen LogP) is 1.33. The highest BCUT2D eigenvalue weighted by molar-refractivity contribution is 7.91. The number of hydrogen-bond acceptors (Lipinski definition) is 3. The first-order chi connectivity index (χ1) is 6.55. The molecule has 84 valence electrons. The molecule has 0 aromatic heterocycles. The molecule has 0 aliphatic heterocycles. The van der Waals surface area contributed by atoms with Gasteiger partial charge in [0.1, 0.15) is 9.84 Å². The second-order valence-corrected chi connectivity index (χ2v) is 6.71. The number of unbranched alkanes of at least 4 members (excludes halogenated alkanes) is 1. The zero-order chi connectivity index (χ0) is 10.6. The van der Waals surface area contributed by atoms with Crippen molar-refractivity contribution in [3.8, 4) is 0 Å². The molecular formula is C10H21NO2S. The maximum absolute atomic E-state index is 11.2. The van der Waals surface area contributed by atoms with E-state index < -0.39 is 9.84 Å². The zero-order valence-electron chi connectivity index (χ0n) is 8.91. The van der Waals surface area contributed by atoms with E-state index in [0.717, 1.165) is 25.2 Å². The molecule has 0 radical (unpaired) electrons. The summed E-state index contributed by atoms with van der Waals surface area (Å²) < 4.78 is 22.3. The summed E-state index contributed by atoms with van der Waals surface area (Å²) in [4.78, 5) is 0. The van der Waals surface area contributed by atoms with Crippen molar-refractivity contribution in [2.75, 3.05) is 11.5 Å². The number of sulfone groups is 1. The van der Waals surface area contributed by atoms with Crippen LogP contribution in [-0.4, -0.2) is 26.0 Å². The highest BCUT2D eigenvalue weighted by Crippen LogP contribution is 2.33. The van der Waals surface area contributed by atoms with Crippen LogP contribution in [0.5, 0.6) is 0 Å². The third-order valence-electron chi connectivity index (χ3n) is 2.91. The van der Waals surface area contributed by atoms with Crippen molar-refractivity contribution < 1.29 is 8.42 Å². The lowest BCUT2D eigenvalue weighted by molar-refractivity contribution is 0.521. The minimum Gasteiger partial charge on any atom is -0.327 e. The molecule has 0 bridgehead atoms. The van der Waals surface area contributed by atoms with Crippen LogP contribution in [0.1, 0.15) is 39.0 Å². The van der Waals surface area contributed by atoms with Crippen molar-refractivity contribution in [2.24, 2.45) is 11.7 Å². The molecule has 1 saturated carbocycles. The van der Waals surface area contributed by atoms with Crippen LogP contribution in [0.4, 0.5) is 0 Å². The average molecular weight is 219 g/mol. The van der Waals surface area contributed by atoms with Crippen molar-refractivity contribution in [1.29, 1.82) is 0 Å². The second kappa shape index (κ2) is 5.12. The van der Waals surface area contributed by atoms with Crippen molar-refractivity contribution in [3.05, 3.63) is 0 Å². The standard InChI is InChI=1S/C10H21NO2S/c1-2-14(12,13)8-4-3-5-10(11)9-6-7-9/h9-10H,2-8,11H2,1H3. The van der Waals surface area contributed by atoms with Gasteiger partial charge in [0, 0.05) is 11.8 Å². The van der Waals surface area contributed by atoms with Gasteiger partial charge in [-0.25, -0.2) is 8.42 Å². The molecule has 0 aromatic rings. The first kappa shape index (κ1) is 12.0. The molecule has 3 nitrogen and oxygen atoms in total. The first-order valence-electron chi connectivity index (χ1n) is 5.51.